The van der Waals surface area contributed by atoms with E-state index >= 15 is 4.39 Å². The van der Waals surface area contributed by atoms with E-state index in [-0.39, 0.29) is 35.1 Å². The molecule has 3 unspecified atom stereocenters. The number of hydrogen-bond donors (Lipinski definition) is 1. The lowest BCUT2D eigenvalue weighted by molar-refractivity contribution is -0.137. The lowest BCUT2D eigenvalue weighted by Crippen LogP contribution is -2.63. The molecule has 8 rings (SSSR count). The molecule has 5 aliphatic heterocycles. The fourth-order valence-corrected chi connectivity index (χ4v) is 8.14. The Morgan fingerprint density at radius 2 is 1.71 bits per heavy atom. The second kappa shape index (κ2) is 10.8. The minimum atomic E-state index is -0.335. The molecule has 1 N–H and O–H groups in total. The molecule has 8 heteroatoms. The summed E-state index contributed by atoms with van der Waals surface area (Å²) in [6, 6.07) is 12.4. The first-order valence-corrected chi connectivity index (χ1v) is 15.9. The number of imide groups is 1. The first-order chi connectivity index (χ1) is 20.1. The zero-order valence-corrected chi connectivity index (χ0v) is 25.4. The Hall–Kier alpha value is -2.74. The lowest BCUT2D eigenvalue weighted by atomic mass is 9.72. The molecular weight excluding hydrogens is 551 g/mol. The summed E-state index contributed by atoms with van der Waals surface area (Å²) in [6.07, 6.45) is 6.49. The Labute approximate surface area is 252 Å². The van der Waals surface area contributed by atoms with Gasteiger partial charge in [0.1, 0.15) is 5.82 Å². The maximum absolute atomic E-state index is 15.6. The summed E-state index contributed by atoms with van der Waals surface area (Å²) in [6.45, 7) is 8.67. The number of carbonyl (C=O) groups excluding carboxylic acids is 2. The van der Waals surface area contributed by atoms with Gasteiger partial charge in [-0.3, -0.25) is 24.7 Å². The van der Waals surface area contributed by atoms with Gasteiger partial charge in [0.25, 0.3) is 0 Å². The molecule has 4 fully saturated rings. The highest BCUT2D eigenvalue weighted by Crippen LogP contribution is 2.44. The minimum absolute atomic E-state index is 0.166. The number of nitrogens with one attached hydrogen (secondary N) is 1. The van der Waals surface area contributed by atoms with Crippen LogP contribution in [-0.2, 0) is 22.7 Å². The van der Waals surface area contributed by atoms with E-state index in [1.54, 1.807) is 11.6 Å². The highest BCUT2D eigenvalue weighted by Gasteiger charge is 2.42. The van der Waals surface area contributed by atoms with Gasteiger partial charge in [0.2, 0.25) is 11.8 Å². The SMILES string of the molecule is CC1(C)CCC(CN2CC3CCC2CN3c2cc3c(cc2F)CN(C2CCC(=O)NC2=O)C3)=C(c2ccc(Cl)cc2)C1. The molecule has 6 nitrogen and oxygen atoms in total. The Kier molecular flexibility index (Phi) is 7.19. The molecule has 4 saturated heterocycles. The quantitative estimate of drug-likeness (QED) is 0.438. The Bertz CT molecular complexity index is 1450. The van der Waals surface area contributed by atoms with Crippen molar-refractivity contribution in [1.82, 2.24) is 15.1 Å². The Balaban J connectivity index is 1.08. The monoisotopic (exact) mass is 590 g/mol. The molecule has 222 valence electrons. The maximum atomic E-state index is 15.6. The largest absolute Gasteiger partial charge is 0.363 e. The van der Waals surface area contributed by atoms with Crippen LogP contribution in [0, 0.1) is 11.2 Å². The van der Waals surface area contributed by atoms with Gasteiger partial charge >= 0.3 is 0 Å². The van der Waals surface area contributed by atoms with E-state index in [1.165, 1.54) is 17.6 Å². The van der Waals surface area contributed by atoms with E-state index in [9.17, 15) is 9.59 Å². The molecule has 1 aliphatic carbocycles. The van der Waals surface area contributed by atoms with E-state index in [4.69, 9.17) is 11.6 Å². The molecule has 2 aromatic carbocycles. The number of nitrogens with zero attached hydrogens (tertiary/aromatic N) is 3. The summed E-state index contributed by atoms with van der Waals surface area (Å²) in [5.41, 5.74) is 7.35. The Morgan fingerprint density at radius 1 is 0.976 bits per heavy atom. The van der Waals surface area contributed by atoms with Crippen LogP contribution in [0.25, 0.3) is 5.57 Å². The standard InChI is InChI=1S/C34H40ClFN4O2/c1-34(2)12-11-22(28(15-34)21-3-5-25(35)6-4-21)16-38-19-27-8-7-26(38)20-40(27)31-14-24-18-39(17-23(24)13-29(31)36)30-9-10-32(41)37-33(30)42/h3-6,13-14,26-27,30H,7-12,15-20H2,1-2H3,(H,37,41,42). The molecule has 0 aromatic heterocycles. The van der Waals surface area contributed by atoms with Crippen LogP contribution in [0.15, 0.2) is 42.0 Å². The van der Waals surface area contributed by atoms with Crippen molar-refractivity contribution in [2.75, 3.05) is 24.5 Å². The first kappa shape index (κ1) is 28.1. The van der Waals surface area contributed by atoms with Crippen LogP contribution in [0.1, 0.15) is 75.5 Å². The van der Waals surface area contributed by atoms with Gasteiger partial charge in [0, 0.05) is 56.3 Å². The van der Waals surface area contributed by atoms with Gasteiger partial charge in [-0.1, -0.05) is 43.2 Å². The first-order valence-electron chi connectivity index (χ1n) is 15.5. The number of allylic oxidation sites excluding steroid dienone is 1. The van der Waals surface area contributed by atoms with Gasteiger partial charge in [0.05, 0.1) is 11.7 Å². The van der Waals surface area contributed by atoms with Crippen LogP contribution in [0.2, 0.25) is 5.02 Å². The third-order valence-corrected chi connectivity index (χ3v) is 10.6. The summed E-state index contributed by atoms with van der Waals surface area (Å²) in [4.78, 5) is 31.1. The third-order valence-electron chi connectivity index (χ3n) is 10.4. The van der Waals surface area contributed by atoms with E-state index in [0.717, 1.165) is 61.5 Å². The highest BCUT2D eigenvalue weighted by molar-refractivity contribution is 6.30. The topological polar surface area (TPSA) is 55.9 Å². The zero-order chi connectivity index (χ0) is 29.2. The molecule has 42 heavy (non-hydrogen) atoms. The number of piperazine rings is 1. The van der Waals surface area contributed by atoms with Crippen molar-refractivity contribution in [3.8, 4) is 0 Å². The highest BCUT2D eigenvalue weighted by atomic mass is 35.5. The number of amides is 2. The van der Waals surface area contributed by atoms with E-state index in [0.29, 0.717) is 37.7 Å². The lowest BCUT2D eigenvalue weighted by Gasteiger charge is -2.53. The second-order valence-corrected chi connectivity index (χ2v) is 14.3. The molecule has 0 saturated carbocycles. The van der Waals surface area contributed by atoms with Gasteiger partial charge in [0.15, 0.2) is 0 Å². The van der Waals surface area contributed by atoms with Crippen molar-refractivity contribution in [3.63, 3.8) is 0 Å². The fraction of sp³-hybridized carbons (Fsp3) is 0.529. The van der Waals surface area contributed by atoms with Crippen molar-refractivity contribution in [1.29, 1.82) is 0 Å². The van der Waals surface area contributed by atoms with Gasteiger partial charge < -0.3 is 4.90 Å². The minimum Gasteiger partial charge on any atom is -0.363 e. The van der Waals surface area contributed by atoms with Gasteiger partial charge in [-0.15, -0.1) is 0 Å². The molecule has 0 spiro atoms. The fourth-order valence-electron chi connectivity index (χ4n) is 8.02. The molecule has 0 radical (unpaired) electrons. The van der Waals surface area contributed by atoms with Crippen LogP contribution in [-0.4, -0.2) is 59.4 Å². The maximum Gasteiger partial charge on any atom is 0.243 e. The zero-order valence-electron chi connectivity index (χ0n) is 24.6. The predicted octanol–water partition coefficient (Wildman–Crippen LogP) is 5.92. The van der Waals surface area contributed by atoms with Gasteiger partial charge in [-0.05, 0) is 90.5 Å². The van der Waals surface area contributed by atoms with Crippen molar-refractivity contribution in [3.05, 3.63) is 69.5 Å². The summed E-state index contributed by atoms with van der Waals surface area (Å²) < 4.78 is 15.6. The average molecular weight is 591 g/mol. The predicted molar refractivity (Wildman–Crippen MR) is 164 cm³/mol. The average Bonchev–Trinajstić information content (AvgIpc) is 3.36. The summed E-state index contributed by atoms with van der Waals surface area (Å²) in [7, 11) is 0. The number of hydrogen-bond acceptors (Lipinski definition) is 5. The molecule has 3 atom stereocenters. The molecule has 2 amide bonds. The number of halogens is 2. The second-order valence-electron chi connectivity index (χ2n) is 13.8. The van der Waals surface area contributed by atoms with Crippen LogP contribution in [0.3, 0.4) is 0 Å². The summed E-state index contributed by atoms with van der Waals surface area (Å²) in [5.74, 6) is -0.607. The van der Waals surface area contributed by atoms with Crippen molar-refractivity contribution < 1.29 is 14.0 Å². The smallest absolute Gasteiger partial charge is 0.243 e. The van der Waals surface area contributed by atoms with Gasteiger partial charge in [-0.2, -0.15) is 0 Å². The number of carbonyl (C=O) groups is 2. The summed E-state index contributed by atoms with van der Waals surface area (Å²) >= 11 is 6.22. The number of piperidine rings is 3. The molecule has 5 heterocycles. The number of anilines is 1. The summed E-state index contributed by atoms with van der Waals surface area (Å²) in [5, 5.41) is 3.23. The van der Waals surface area contributed by atoms with Crippen LogP contribution >= 0.6 is 11.6 Å². The third kappa shape index (κ3) is 5.29. The van der Waals surface area contributed by atoms with Crippen molar-refractivity contribution in [2.45, 2.75) is 90.0 Å². The normalized spacial score (nSPS) is 27.9. The van der Waals surface area contributed by atoms with Crippen molar-refractivity contribution >= 4 is 34.7 Å². The molecule has 2 bridgehead atoms. The van der Waals surface area contributed by atoms with E-state index in [2.05, 4.69) is 46.0 Å². The number of rotatable bonds is 5. The molecule has 2 aromatic rings. The Morgan fingerprint density at radius 3 is 2.43 bits per heavy atom. The van der Waals surface area contributed by atoms with Gasteiger partial charge in [-0.25, -0.2) is 4.39 Å². The molecule has 6 aliphatic rings. The molecular formula is C34H40ClFN4O2. The number of benzene rings is 2. The van der Waals surface area contributed by atoms with Crippen LogP contribution in [0.4, 0.5) is 10.1 Å². The van der Waals surface area contributed by atoms with Crippen molar-refractivity contribution in [2.24, 2.45) is 5.41 Å². The van der Waals surface area contributed by atoms with Crippen LogP contribution in [0.5, 0.6) is 0 Å². The van der Waals surface area contributed by atoms with E-state index < -0.39 is 0 Å². The van der Waals surface area contributed by atoms with E-state index in [1.807, 2.05) is 18.2 Å². The number of fused-ring (bicyclic) bond motifs is 4. The van der Waals surface area contributed by atoms with Crippen LogP contribution < -0.4 is 10.2 Å².